The van der Waals surface area contributed by atoms with Crippen molar-refractivity contribution in [3.05, 3.63) is 24.3 Å². The maximum Gasteiger partial charge on any atom is 0.309 e. The summed E-state index contributed by atoms with van der Waals surface area (Å²) < 4.78 is 5.19. The fourth-order valence-electron chi connectivity index (χ4n) is 2.91. The summed E-state index contributed by atoms with van der Waals surface area (Å²) in [4.78, 5) is 27.9. The predicted molar refractivity (Wildman–Crippen MR) is 95.8 cm³/mol. The summed E-state index contributed by atoms with van der Waals surface area (Å²) >= 11 is 0. The van der Waals surface area contributed by atoms with Crippen molar-refractivity contribution in [3.8, 4) is 5.75 Å². The van der Waals surface area contributed by atoms with Gasteiger partial charge >= 0.3 is 11.8 Å². The van der Waals surface area contributed by atoms with Crippen LogP contribution in [0.1, 0.15) is 12.8 Å². The zero-order valence-electron chi connectivity index (χ0n) is 14.7. The number of carbonyl (C=O) groups excluding carboxylic acids is 2. The molecular formula is C18H26N4O3. The van der Waals surface area contributed by atoms with E-state index in [1.807, 2.05) is 12.1 Å². The van der Waals surface area contributed by atoms with Gasteiger partial charge in [0.15, 0.2) is 0 Å². The molecule has 2 fully saturated rings. The van der Waals surface area contributed by atoms with Crippen molar-refractivity contribution in [2.24, 2.45) is 0 Å². The monoisotopic (exact) mass is 346 g/mol. The first-order valence-corrected chi connectivity index (χ1v) is 8.86. The summed E-state index contributed by atoms with van der Waals surface area (Å²) in [7, 11) is 1.67. The van der Waals surface area contributed by atoms with Gasteiger partial charge in [0.25, 0.3) is 0 Å². The quantitative estimate of drug-likeness (QED) is 0.721. The highest BCUT2D eigenvalue weighted by Crippen LogP contribution is 2.20. The van der Waals surface area contributed by atoms with Crippen LogP contribution < -0.4 is 20.3 Å². The van der Waals surface area contributed by atoms with Gasteiger partial charge in [-0.05, 0) is 37.1 Å². The number of amides is 2. The number of anilines is 1. The van der Waals surface area contributed by atoms with Gasteiger partial charge in [0, 0.05) is 51.0 Å². The Morgan fingerprint density at radius 1 is 1.08 bits per heavy atom. The molecule has 1 aromatic rings. The van der Waals surface area contributed by atoms with Gasteiger partial charge in [-0.15, -0.1) is 0 Å². The van der Waals surface area contributed by atoms with E-state index in [-0.39, 0.29) is 6.04 Å². The molecule has 1 saturated carbocycles. The largest absolute Gasteiger partial charge is 0.497 e. The van der Waals surface area contributed by atoms with Gasteiger partial charge in [-0.2, -0.15) is 0 Å². The Balaban J connectivity index is 1.34. The summed E-state index contributed by atoms with van der Waals surface area (Å²) in [5, 5.41) is 5.39. The zero-order chi connectivity index (χ0) is 17.6. The highest BCUT2D eigenvalue weighted by Gasteiger charge is 2.26. The van der Waals surface area contributed by atoms with Crippen LogP contribution in [0, 0.1) is 0 Å². The number of rotatable bonds is 6. The van der Waals surface area contributed by atoms with Crippen LogP contribution in [0.5, 0.6) is 5.75 Å². The van der Waals surface area contributed by atoms with Crippen LogP contribution in [0.15, 0.2) is 24.3 Å². The van der Waals surface area contributed by atoms with Crippen molar-refractivity contribution in [1.29, 1.82) is 0 Å². The van der Waals surface area contributed by atoms with Gasteiger partial charge in [-0.25, -0.2) is 0 Å². The number of benzene rings is 1. The molecule has 136 valence electrons. The number of piperazine rings is 1. The third-order valence-corrected chi connectivity index (χ3v) is 4.64. The number of hydrogen-bond donors (Lipinski definition) is 2. The second kappa shape index (κ2) is 8.20. The molecule has 2 N–H and O–H groups in total. The number of hydrogen-bond acceptors (Lipinski definition) is 5. The molecule has 3 rings (SSSR count). The third-order valence-electron chi connectivity index (χ3n) is 4.64. The number of nitrogens with one attached hydrogen (secondary N) is 2. The second-order valence-electron chi connectivity index (χ2n) is 6.53. The summed E-state index contributed by atoms with van der Waals surface area (Å²) in [6, 6.07) is 8.32. The maximum absolute atomic E-state index is 11.7. The number of methoxy groups -OCH3 is 1. The molecule has 1 aliphatic carbocycles. The van der Waals surface area contributed by atoms with Crippen LogP contribution in [-0.2, 0) is 9.59 Å². The number of nitrogens with zero attached hydrogens (tertiary/aromatic N) is 2. The summed E-state index contributed by atoms with van der Waals surface area (Å²) in [6.07, 6.45) is 1.97. The second-order valence-corrected chi connectivity index (χ2v) is 6.53. The minimum Gasteiger partial charge on any atom is -0.497 e. The molecular weight excluding hydrogens is 320 g/mol. The third kappa shape index (κ3) is 5.09. The molecule has 1 aromatic carbocycles. The average Bonchev–Trinajstić information content (AvgIpc) is 3.46. The smallest absolute Gasteiger partial charge is 0.309 e. The van der Waals surface area contributed by atoms with Gasteiger partial charge in [0.05, 0.1) is 7.11 Å². The van der Waals surface area contributed by atoms with Crippen LogP contribution in [-0.4, -0.2) is 69.1 Å². The van der Waals surface area contributed by atoms with Crippen molar-refractivity contribution in [1.82, 2.24) is 15.5 Å². The molecule has 25 heavy (non-hydrogen) atoms. The van der Waals surface area contributed by atoms with E-state index in [1.54, 1.807) is 7.11 Å². The highest BCUT2D eigenvalue weighted by atomic mass is 16.5. The van der Waals surface area contributed by atoms with Crippen molar-refractivity contribution in [2.45, 2.75) is 18.9 Å². The van der Waals surface area contributed by atoms with Gasteiger partial charge in [-0.1, -0.05) is 0 Å². The Labute approximate surface area is 148 Å². The van der Waals surface area contributed by atoms with E-state index >= 15 is 0 Å². The molecule has 7 nitrogen and oxygen atoms in total. The minimum atomic E-state index is -0.524. The average molecular weight is 346 g/mol. The van der Waals surface area contributed by atoms with Crippen molar-refractivity contribution >= 4 is 17.5 Å². The Hall–Kier alpha value is -2.28. The zero-order valence-corrected chi connectivity index (χ0v) is 14.7. The molecule has 0 atom stereocenters. The van der Waals surface area contributed by atoms with Gasteiger partial charge in [0.1, 0.15) is 5.75 Å². The topological polar surface area (TPSA) is 73.9 Å². The molecule has 1 saturated heterocycles. The van der Waals surface area contributed by atoms with E-state index in [2.05, 4.69) is 32.6 Å². The first kappa shape index (κ1) is 17.5. The van der Waals surface area contributed by atoms with E-state index in [4.69, 9.17) is 4.74 Å². The first-order valence-electron chi connectivity index (χ1n) is 8.86. The lowest BCUT2D eigenvalue weighted by atomic mass is 10.2. The van der Waals surface area contributed by atoms with Gasteiger partial charge < -0.3 is 20.3 Å². The number of carbonyl (C=O) groups is 2. The standard InChI is InChI=1S/C18H26N4O3/c1-25-16-6-4-15(5-7-16)22-12-10-21(11-13-22)9-8-19-17(23)18(24)20-14-2-3-14/h4-7,14H,2-3,8-13H2,1H3,(H,19,23)(H,20,24). The lowest BCUT2D eigenvalue weighted by Crippen LogP contribution is -2.49. The molecule has 0 unspecified atom stereocenters. The predicted octanol–water partition coefficient (Wildman–Crippen LogP) is 0.212. The molecule has 0 bridgehead atoms. The summed E-state index contributed by atoms with van der Waals surface area (Å²) in [6.45, 7) is 5.04. The summed E-state index contributed by atoms with van der Waals surface area (Å²) in [5.74, 6) is -0.167. The Morgan fingerprint density at radius 3 is 2.36 bits per heavy atom. The lowest BCUT2D eigenvalue weighted by molar-refractivity contribution is -0.139. The Kier molecular flexibility index (Phi) is 5.75. The van der Waals surface area contributed by atoms with E-state index in [0.717, 1.165) is 51.3 Å². The maximum atomic E-state index is 11.7. The van der Waals surface area contributed by atoms with Crippen molar-refractivity contribution < 1.29 is 14.3 Å². The molecule has 7 heteroatoms. The SMILES string of the molecule is COc1ccc(N2CCN(CCNC(=O)C(=O)NC3CC3)CC2)cc1. The Bertz CT molecular complexity index is 593. The summed E-state index contributed by atoms with van der Waals surface area (Å²) in [5.41, 5.74) is 1.20. The van der Waals surface area contributed by atoms with Crippen LogP contribution in [0.3, 0.4) is 0 Å². The lowest BCUT2D eigenvalue weighted by Gasteiger charge is -2.36. The van der Waals surface area contributed by atoms with E-state index in [9.17, 15) is 9.59 Å². The normalized spacial score (nSPS) is 17.9. The molecule has 0 aromatic heterocycles. The molecule has 2 amide bonds. The molecule has 1 aliphatic heterocycles. The van der Waals surface area contributed by atoms with Crippen molar-refractivity contribution in [2.75, 3.05) is 51.3 Å². The van der Waals surface area contributed by atoms with E-state index < -0.39 is 11.8 Å². The number of ether oxygens (including phenoxy) is 1. The van der Waals surface area contributed by atoms with E-state index in [0.29, 0.717) is 6.54 Å². The molecule has 2 aliphatic rings. The fourth-order valence-corrected chi connectivity index (χ4v) is 2.91. The highest BCUT2D eigenvalue weighted by molar-refractivity contribution is 6.35. The van der Waals surface area contributed by atoms with E-state index in [1.165, 1.54) is 5.69 Å². The van der Waals surface area contributed by atoms with Crippen LogP contribution in [0.4, 0.5) is 5.69 Å². The van der Waals surface area contributed by atoms with Crippen LogP contribution in [0.2, 0.25) is 0 Å². The first-order chi connectivity index (χ1) is 12.2. The van der Waals surface area contributed by atoms with Crippen molar-refractivity contribution in [3.63, 3.8) is 0 Å². The van der Waals surface area contributed by atoms with Gasteiger partial charge in [0.2, 0.25) is 0 Å². The molecule has 0 spiro atoms. The molecule has 0 radical (unpaired) electrons. The molecule has 1 heterocycles. The van der Waals surface area contributed by atoms with Crippen LogP contribution in [0.25, 0.3) is 0 Å². The Morgan fingerprint density at radius 2 is 1.76 bits per heavy atom. The van der Waals surface area contributed by atoms with Gasteiger partial charge in [-0.3, -0.25) is 14.5 Å². The fraction of sp³-hybridized carbons (Fsp3) is 0.556. The minimum absolute atomic E-state index is 0.212. The van der Waals surface area contributed by atoms with Crippen LogP contribution >= 0.6 is 0 Å².